The van der Waals surface area contributed by atoms with Crippen LogP contribution in [0.3, 0.4) is 0 Å². The highest BCUT2D eigenvalue weighted by Crippen LogP contribution is 2.21. The predicted octanol–water partition coefficient (Wildman–Crippen LogP) is 2.66. The number of amides is 2. The van der Waals surface area contributed by atoms with Gasteiger partial charge in [-0.2, -0.15) is 0 Å². The molecule has 0 saturated carbocycles. The van der Waals surface area contributed by atoms with Gasteiger partial charge in [-0.15, -0.1) is 0 Å². The Bertz CT molecular complexity index is 586. The zero-order valence-electron chi connectivity index (χ0n) is 12.5. The van der Waals surface area contributed by atoms with Gasteiger partial charge in [0.2, 0.25) is 0 Å². The number of nitrogens with two attached hydrogens (primary N) is 1. The Morgan fingerprint density at radius 1 is 1.41 bits per heavy atom. The van der Waals surface area contributed by atoms with Crippen molar-refractivity contribution in [3.8, 4) is 0 Å². The van der Waals surface area contributed by atoms with Gasteiger partial charge < -0.3 is 15.5 Å². The van der Waals surface area contributed by atoms with E-state index in [-0.39, 0.29) is 17.7 Å². The van der Waals surface area contributed by atoms with Crippen LogP contribution in [0.2, 0.25) is 5.02 Å². The molecule has 22 heavy (non-hydrogen) atoms. The van der Waals surface area contributed by atoms with Gasteiger partial charge in [-0.05, 0) is 37.5 Å². The number of rotatable bonds is 3. The first-order valence-electron chi connectivity index (χ1n) is 7.12. The standard InChI is InChI=1S/C15H20ClN5O/c1-10(17)21(9-11-4-6-12(16)7-5-11)14(18)13-3-2-8-20(13)15(19)22/h4-7,13,17-18H,2-3,8-9H2,1H3,(H2,19,22). The van der Waals surface area contributed by atoms with Crippen LogP contribution in [-0.2, 0) is 6.54 Å². The van der Waals surface area contributed by atoms with Crippen LogP contribution >= 0.6 is 11.6 Å². The van der Waals surface area contributed by atoms with Gasteiger partial charge in [-0.25, -0.2) is 4.79 Å². The summed E-state index contributed by atoms with van der Waals surface area (Å²) in [6, 6.07) is 6.43. The lowest BCUT2D eigenvalue weighted by Gasteiger charge is -2.31. The number of carbonyl (C=O) groups is 1. The lowest BCUT2D eigenvalue weighted by atomic mass is 10.1. The second-order valence-electron chi connectivity index (χ2n) is 5.37. The number of nitrogens with one attached hydrogen (secondary N) is 2. The summed E-state index contributed by atoms with van der Waals surface area (Å²) in [6.07, 6.45) is 1.52. The van der Waals surface area contributed by atoms with Gasteiger partial charge in [0, 0.05) is 11.6 Å². The number of hydrogen-bond acceptors (Lipinski definition) is 3. The molecule has 1 unspecified atom stereocenters. The van der Waals surface area contributed by atoms with Crippen molar-refractivity contribution in [1.29, 1.82) is 10.8 Å². The molecule has 0 bridgehead atoms. The molecular weight excluding hydrogens is 302 g/mol. The zero-order chi connectivity index (χ0) is 16.3. The van der Waals surface area contributed by atoms with Crippen LogP contribution in [0.15, 0.2) is 24.3 Å². The minimum absolute atomic E-state index is 0.235. The maximum Gasteiger partial charge on any atom is 0.315 e. The minimum Gasteiger partial charge on any atom is -0.351 e. The second kappa shape index (κ2) is 6.79. The first-order chi connectivity index (χ1) is 10.4. The second-order valence-corrected chi connectivity index (χ2v) is 5.81. The molecule has 1 aromatic rings. The number of benzene rings is 1. The highest BCUT2D eigenvalue weighted by Gasteiger charge is 2.33. The van der Waals surface area contributed by atoms with Crippen molar-refractivity contribution in [2.75, 3.05) is 6.54 Å². The van der Waals surface area contributed by atoms with Crippen molar-refractivity contribution < 1.29 is 4.79 Å². The van der Waals surface area contributed by atoms with Crippen molar-refractivity contribution >= 4 is 29.3 Å². The summed E-state index contributed by atoms with van der Waals surface area (Å²) in [4.78, 5) is 14.6. The van der Waals surface area contributed by atoms with E-state index < -0.39 is 6.03 Å². The molecule has 1 heterocycles. The van der Waals surface area contributed by atoms with Crippen LogP contribution in [0.1, 0.15) is 25.3 Å². The third kappa shape index (κ3) is 3.57. The zero-order valence-corrected chi connectivity index (χ0v) is 13.2. The molecule has 1 aromatic carbocycles. The van der Waals surface area contributed by atoms with E-state index in [1.807, 2.05) is 12.1 Å². The summed E-state index contributed by atoms with van der Waals surface area (Å²) >= 11 is 5.87. The molecule has 1 saturated heterocycles. The van der Waals surface area contributed by atoms with Gasteiger partial charge in [0.25, 0.3) is 0 Å². The van der Waals surface area contributed by atoms with E-state index in [2.05, 4.69) is 0 Å². The van der Waals surface area contributed by atoms with Gasteiger partial charge in [0.05, 0.1) is 18.4 Å². The normalized spacial score (nSPS) is 17.4. The molecule has 2 amide bonds. The Hall–Kier alpha value is -2.08. The van der Waals surface area contributed by atoms with Crippen LogP contribution < -0.4 is 5.73 Å². The molecule has 1 atom stereocenters. The Morgan fingerprint density at radius 2 is 2.05 bits per heavy atom. The fourth-order valence-electron chi connectivity index (χ4n) is 2.65. The lowest BCUT2D eigenvalue weighted by Crippen LogP contribution is -2.50. The molecule has 2 rings (SSSR count). The molecule has 118 valence electrons. The fraction of sp³-hybridized carbons (Fsp3) is 0.400. The SMILES string of the molecule is CC(=N)N(Cc1ccc(Cl)cc1)C(=N)C1CCCN1C(N)=O. The largest absolute Gasteiger partial charge is 0.351 e. The molecule has 0 aliphatic carbocycles. The molecule has 1 aliphatic rings. The Morgan fingerprint density at radius 3 is 2.59 bits per heavy atom. The molecule has 4 N–H and O–H groups in total. The summed E-state index contributed by atoms with van der Waals surface area (Å²) in [5, 5.41) is 17.0. The number of likely N-dealkylation sites (tertiary alicyclic amines) is 1. The number of amidine groups is 2. The fourth-order valence-corrected chi connectivity index (χ4v) is 2.78. The molecular formula is C15H20ClN5O. The number of carbonyl (C=O) groups excluding carboxylic acids is 1. The highest BCUT2D eigenvalue weighted by atomic mass is 35.5. The van der Waals surface area contributed by atoms with Crippen molar-refractivity contribution in [1.82, 2.24) is 9.80 Å². The maximum atomic E-state index is 11.5. The van der Waals surface area contributed by atoms with Gasteiger partial charge in [-0.3, -0.25) is 10.8 Å². The van der Waals surface area contributed by atoms with E-state index in [0.717, 1.165) is 12.0 Å². The third-order valence-electron chi connectivity index (χ3n) is 3.80. The molecule has 0 spiro atoms. The van der Waals surface area contributed by atoms with Gasteiger partial charge >= 0.3 is 6.03 Å². The topological polar surface area (TPSA) is 97.3 Å². The highest BCUT2D eigenvalue weighted by molar-refractivity contribution is 6.30. The quantitative estimate of drug-likeness (QED) is 0.589. The van der Waals surface area contributed by atoms with E-state index in [1.54, 1.807) is 24.0 Å². The first kappa shape index (κ1) is 16.3. The average molecular weight is 322 g/mol. The Labute approximate surface area is 134 Å². The number of urea groups is 1. The van der Waals surface area contributed by atoms with E-state index in [0.29, 0.717) is 24.5 Å². The van der Waals surface area contributed by atoms with E-state index >= 15 is 0 Å². The summed E-state index contributed by atoms with van der Waals surface area (Å²) in [6.45, 7) is 2.59. The van der Waals surface area contributed by atoms with Gasteiger partial charge in [-0.1, -0.05) is 23.7 Å². The van der Waals surface area contributed by atoms with Crippen LogP contribution in [0.25, 0.3) is 0 Å². The lowest BCUT2D eigenvalue weighted by molar-refractivity contribution is 0.211. The summed E-state index contributed by atoms with van der Waals surface area (Å²) in [7, 11) is 0. The van der Waals surface area contributed by atoms with Crippen molar-refractivity contribution in [2.24, 2.45) is 5.73 Å². The predicted molar refractivity (Wildman–Crippen MR) is 87.4 cm³/mol. The summed E-state index contributed by atoms with van der Waals surface area (Å²) in [5.74, 6) is 0.495. The molecule has 1 fully saturated rings. The molecule has 0 aromatic heterocycles. The smallest absolute Gasteiger partial charge is 0.315 e. The number of nitrogens with zero attached hydrogens (tertiary/aromatic N) is 2. The number of hydrogen-bond donors (Lipinski definition) is 3. The van der Waals surface area contributed by atoms with Gasteiger partial charge in [0.1, 0.15) is 5.84 Å². The molecule has 1 aliphatic heterocycles. The van der Waals surface area contributed by atoms with Crippen LogP contribution in [-0.4, -0.2) is 40.1 Å². The van der Waals surface area contributed by atoms with E-state index in [1.165, 1.54) is 4.90 Å². The maximum absolute atomic E-state index is 11.5. The summed E-state index contributed by atoms with van der Waals surface area (Å²) in [5.41, 5.74) is 6.32. The Balaban J connectivity index is 2.16. The Kier molecular flexibility index (Phi) is 5.03. The minimum atomic E-state index is -0.513. The average Bonchev–Trinajstić information content (AvgIpc) is 2.95. The summed E-state index contributed by atoms with van der Waals surface area (Å²) < 4.78 is 0. The number of halogens is 1. The van der Waals surface area contributed by atoms with Crippen molar-refractivity contribution in [2.45, 2.75) is 32.4 Å². The number of primary amides is 1. The van der Waals surface area contributed by atoms with Crippen LogP contribution in [0, 0.1) is 10.8 Å². The third-order valence-corrected chi connectivity index (χ3v) is 4.05. The monoisotopic (exact) mass is 321 g/mol. The van der Waals surface area contributed by atoms with Crippen LogP contribution in [0.5, 0.6) is 0 Å². The molecule has 6 nitrogen and oxygen atoms in total. The van der Waals surface area contributed by atoms with E-state index in [9.17, 15) is 4.79 Å². The molecule has 0 radical (unpaired) electrons. The van der Waals surface area contributed by atoms with Gasteiger partial charge in [0.15, 0.2) is 0 Å². The van der Waals surface area contributed by atoms with Crippen LogP contribution in [0.4, 0.5) is 4.79 Å². The van der Waals surface area contributed by atoms with Crippen molar-refractivity contribution in [3.63, 3.8) is 0 Å². The van der Waals surface area contributed by atoms with E-state index in [4.69, 9.17) is 28.2 Å². The first-order valence-corrected chi connectivity index (χ1v) is 7.49. The molecule has 7 heteroatoms. The van der Waals surface area contributed by atoms with Crippen molar-refractivity contribution in [3.05, 3.63) is 34.9 Å².